The first-order chi connectivity index (χ1) is 16.2. The number of nitrogens with zero attached hydrogens (tertiary/aromatic N) is 2. The van der Waals surface area contributed by atoms with E-state index in [-0.39, 0.29) is 12.1 Å². The number of rotatable bonds is 5. The number of hydrogen-bond donors (Lipinski definition) is 0. The van der Waals surface area contributed by atoms with Crippen molar-refractivity contribution in [3.63, 3.8) is 0 Å². The van der Waals surface area contributed by atoms with Crippen LogP contribution in [0.25, 0.3) is 0 Å². The van der Waals surface area contributed by atoms with Crippen LogP contribution in [0, 0.1) is 6.92 Å². The Kier molecular flexibility index (Phi) is 5.57. The number of methoxy groups -OCH3 is 1. The molecule has 1 heterocycles. The quantitative estimate of drug-likeness (QED) is 0.366. The number of aryl methyl sites for hydroxylation is 1. The zero-order valence-corrected chi connectivity index (χ0v) is 18.8. The Balaban J connectivity index is 1.71. The maximum absolute atomic E-state index is 13.9. The lowest BCUT2D eigenvalue weighted by atomic mass is 9.99. The number of carbonyl (C=O) groups excluding carboxylic acids is 1. The van der Waals surface area contributed by atoms with Gasteiger partial charge in [0.25, 0.3) is 5.91 Å². The largest absolute Gasteiger partial charge is 0.497 e. The maximum Gasteiger partial charge on any atom is 0.262 e. The standard InChI is InChI=1S/C29H26N2O2/c1-21-12-16-24(17-13-21)31-28(23-14-18-25(33-2)19-15-23)30(20-22-8-4-3-5-9-22)27-11-7-6-10-26(27)29(31)32/h3-19,28H,20H2,1-2H3/t28-/m0/s1. The molecule has 0 aliphatic carbocycles. The van der Waals surface area contributed by atoms with Crippen LogP contribution in [0.15, 0.2) is 103 Å². The molecule has 0 unspecified atom stereocenters. The molecule has 164 valence electrons. The van der Waals surface area contributed by atoms with Gasteiger partial charge in [-0.05, 0) is 54.4 Å². The highest BCUT2D eigenvalue weighted by atomic mass is 16.5. The topological polar surface area (TPSA) is 32.8 Å². The van der Waals surface area contributed by atoms with E-state index >= 15 is 0 Å². The number of benzene rings is 4. The zero-order chi connectivity index (χ0) is 22.8. The molecule has 0 fully saturated rings. The van der Waals surface area contributed by atoms with Gasteiger partial charge in [-0.15, -0.1) is 0 Å². The molecule has 1 atom stereocenters. The van der Waals surface area contributed by atoms with Crippen LogP contribution in [0.3, 0.4) is 0 Å². The molecule has 0 aromatic heterocycles. The predicted molar refractivity (Wildman–Crippen MR) is 133 cm³/mol. The molecule has 1 aliphatic rings. The molecule has 0 spiro atoms. The summed E-state index contributed by atoms with van der Waals surface area (Å²) in [6, 6.07) is 34.4. The lowest BCUT2D eigenvalue weighted by Crippen LogP contribution is -2.49. The molecule has 0 radical (unpaired) electrons. The summed E-state index contributed by atoms with van der Waals surface area (Å²) in [5.41, 5.74) is 5.89. The van der Waals surface area contributed by atoms with E-state index in [9.17, 15) is 4.79 Å². The number of para-hydroxylation sites is 1. The number of anilines is 2. The fraction of sp³-hybridized carbons (Fsp3) is 0.138. The van der Waals surface area contributed by atoms with E-state index in [1.54, 1.807) is 7.11 Å². The zero-order valence-electron chi connectivity index (χ0n) is 18.8. The van der Waals surface area contributed by atoms with Gasteiger partial charge in [0.15, 0.2) is 0 Å². The Morgan fingerprint density at radius 2 is 1.45 bits per heavy atom. The van der Waals surface area contributed by atoms with Crippen LogP contribution in [-0.2, 0) is 6.54 Å². The molecule has 1 amide bonds. The first kappa shape index (κ1) is 20.8. The molecule has 4 nitrogen and oxygen atoms in total. The lowest BCUT2D eigenvalue weighted by Gasteiger charge is -2.46. The summed E-state index contributed by atoms with van der Waals surface area (Å²) in [6.07, 6.45) is -0.304. The summed E-state index contributed by atoms with van der Waals surface area (Å²) >= 11 is 0. The highest BCUT2D eigenvalue weighted by molar-refractivity contribution is 6.12. The van der Waals surface area contributed by atoms with Gasteiger partial charge in [0, 0.05) is 12.2 Å². The Bertz CT molecular complexity index is 1250. The van der Waals surface area contributed by atoms with Gasteiger partial charge >= 0.3 is 0 Å². The normalized spacial score (nSPS) is 15.3. The summed E-state index contributed by atoms with van der Waals surface area (Å²) in [6.45, 7) is 2.73. The first-order valence-electron chi connectivity index (χ1n) is 11.1. The Morgan fingerprint density at radius 3 is 2.15 bits per heavy atom. The van der Waals surface area contributed by atoms with E-state index in [1.807, 2.05) is 71.6 Å². The van der Waals surface area contributed by atoms with Crippen LogP contribution >= 0.6 is 0 Å². The highest BCUT2D eigenvalue weighted by Gasteiger charge is 2.39. The van der Waals surface area contributed by atoms with Gasteiger partial charge in [-0.3, -0.25) is 9.69 Å². The molecule has 4 aromatic rings. The van der Waals surface area contributed by atoms with Crippen LogP contribution in [0.4, 0.5) is 11.4 Å². The molecule has 33 heavy (non-hydrogen) atoms. The Morgan fingerprint density at radius 1 is 0.788 bits per heavy atom. The van der Waals surface area contributed by atoms with Crippen LogP contribution in [0.5, 0.6) is 5.75 Å². The summed E-state index contributed by atoms with van der Waals surface area (Å²) < 4.78 is 5.39. The number of fused-ring (bicyclic) bond motifs is 1. The minimum atomic E-state index is -0.304. The third kappa shape index (κ3) is 3.96. The second kappa shape index (κ2) is 8.83. The molecule has 0 bridgehead atoms. The number of amides is 1. The van der Waals surface area contributed by atoms with Crippen molar-refractivity contribution in [1.29, 1.82) is 0 Å². The molecule has 0 N–H and O–H groups in total. The van der Waals surface area contributed by atoms with E-state index in [0.717, 1.165) is 28.3 Å². The summed E-state index contributed by atoms with van der Waals surface area (Å²) in [4.78, 5) is 18.1. The monoisotopic (exact) mass is 434 g/mol. The molecule has 0 saturated carbocycles. The smallest absolute Gasteiger partial charge is 0.262 e. The second-order valence-corrected chi connectivity index (χ2v) is 8.29. The summed E-state index contributed by atoms with van der Waals surface area (Å²) in [5.74, 6) is 0.789. The van der Waals surface area contributed by atoms with Crippen LogP contribution < -0.4 is 14.5 Å². The Labute approximate surface area is 194 Å². The third-order valence-electron chi connectivity index (χ3n) is 6.12. The van der Waals surface area contributed by atoms with Crippen molar-refractivity contribution < 1.29 is 9.53 Å². The molecule has 1 aliphatic heterocycles. The van der Waals surface area contributed by atoms with Crippen molar-refractivity contribution in [2.24, 2.45) is 0 Å². The molecule has 5 rings (SSSR count). The first-order valence-corrected chi connectivity index (χ1v) is 11.1. The SMILES string of the molecule is COc1ccc([C@H]2N(Cc3ccccc3)c3ccccc3C(=O)N2c2ccc(C)cc2)cc1. The highest BCUT2D eigenvalue weighted by Crippen LogP contribution is 2.42. The van der Waals surface area contributed by atoms with Crippen molar-refractivity contribution in [2.45, 2.75) is 19.6 Å². The second-order valence-electron chi connectivity index (χ2n) is 8.29. The van der Waals surface area contributed by atoms with Crippen LogP contribution in [-0.4, -0.2) is 13.0 Å². The van der Waals surface area contributed by atoms with Crippen LogP contribution in [0.2, 0.25) is 0 Å². The molecule has 0 saturated heterocycles. The van der Waals surface area contributed by atoms with Gasteiger partial charge in [0.05, 0.1) is 18.4 Å². The maximum atomic E-state index is 13.9. The fourth-order valence-electron chi connectivity index (χ4n) is 4.44. The fourth-order valence-corrected chi connectivity index (χ4v) is 4.44. The lowest BCUT2D eigenvalue weighted by molar-refractivity contribution is 0.0968. The summed E-state index contributed by atoms with van der Waals surface area (Å²) in [7, 11) is 1.66. The van der Waals surface area contributed by atoms with Crippen molar-refractivity contribution in [1.82, 2.24) is 0 Å². The van der Waals surface area contributed by atoms with Crippen molar-refractivity contribution >= 4 is 17.3 Å². The average molecular weight is 435 g/mol. The van der Waals surface area contributed by atoms with Gasteiger partial charge in [-0.2, -0.15) is 0 Å². The molecule has 4 heteroatoms. The molecular formula is C29H26N2O2. The van der Waals surface area contributed by atoms with Gasteiger partial charge in [-0.25, -0.2) is 0 Å². The van der Waals surface area contributed by atoms with Crippen molar-refractivity contribution in [2.75, 3.05) is 16.9 Å². The number of ether oxygens (including phenoxy) is 1. The van der Waals surface area contributed by atoms with E-state index in [0.29, 0.717) is 12.1 Å². The van der Waals surface area contributed by atoms with Crippen molar-refractivity contribution in [3.05, 3.63) is 125 Å². The van der Waals surface area contributed by atoms with E-state index in [1.165, 1.54) is 5.56 Å². The van der Waals surface area contributed by atoms with Crippen molar-refractivity contribution in [3.8, 4) is 5.75 Å². The molecule has 4 aromatic carbocycles. The van der Waals surface area contributed by atoms with Gasteiger partial charge in [-0.1, -0.05) is 72.3 Å². The van der Waals surface area contributed by atoms with E-state index < -0.39 is 0 Å². The average Bonchev–Trinajstić information content (AvgIpc) is 2.87. The van der Waals surface area contributed by atoms with Gasteiger partial charge in [0.1, 0.15) is 11.9 Å². The van der Waals surface area contributed by atoms with Crippen LogP contribution in [0.1, 0.15) is 33.2 Å². The Hall–Kier alpha value is -4.05. The van der Waals surface area contributed by atoms with E-state index in [2.05, 4.69) is 48.2 Å². The summed E-state index contributed by atoms with van der Waals surface area (Å²) in [5, 5.41) is 0. The predicted octanol–water partition coefficient (Wildman–Crippen LogP) is 6.37. The van der Waals surface area contributed by atoms with E-state index in [4.69, 9.17) is 4.74 Å². The third-order valence-corrected chi connectivity index (χ3v) is 6.12. The number of hydrogen-bond acceptors (Lipinski definition) is 3. The minimum absolute atomic E-state index is 0.000386. The van der Waals surface area contributed by atoms with Gasteiger partial charge in [0.2, 0.25) is 0 Å². The minimum Gasteiger partial charge on any atom is -0.497 e. The molecular weight excluding hydrogens is 408 g/mol. The number of carbonyl (C=O) groups is 1. The van der Waals surface area contributed by atoms with Gasteiger partial charge < -0.3 is 9.64 Å².